The van der Waals surface area contributed by atoms with Crippen LogP contribution in [0.5, 0.6) is 5.75 Å². The number of benzene rings is 4. The number of nitrogens with zero attached hydrogens (tertiary/aromatic N) is 5. The van der Waals surface area contributed by atoms with Crippen molar-refractivity contribution in [1.29, 1.82) is 0 Å². The van der Waals surface area contributed by atoms with Gasteiger partial charge in [0.2, 0.25) is 5.16 Å². The minimum absolute atomic E-state index is 0.117. The zero-order valence-corrected chi connectivity index (χ0v) is 31.6. The molecule has 54 heavy (non-hydrogen) atoms. The highest BCUT2D eigenvalue weighted by Crippen LogP contribution is 2.37. The normalized spacial score (nSPS) is 14.1. The van der Waals surface area contributed by atoms with Crippen LogP contribution in [-0.2, 0) is 9.53 Å². The van der Waals surface area contributed by atoms with Crippen LogP contribution in [0.25, 0.3) is 23.2 Å². The van der Waals surface area contributed by atoms with Gasteiger partial charge in [-0.15, -0.1) is 5.10 Å². The molecule has 0 saturated carbocycles. The van der Waals surface area contributed by atoms with Crippen molar-refractivity contribution < 1.29 is 19.2 Å². The molecule has 0 aliphatic carbocycles. The maximum absolute atomic E-state index is 14.3. The Balaban J connectivity index is 1.31. The molecular weight excluding hydrogens is 771 g/mol. The lowest BCUT2D eigenvalue weighted by Crippen LogP contribution is -2.40. The van der Waals surface area contributed by atoms with Gasteiger partial charge in [-0.1, -0.05) is 83.1 Å². The van der Waals surface area contributed by atoms with E-state index in [1.807, 2.05) is 37.3 Å². The Bertz CT molecular complexity index is 2620. The molecule has 0 spiro atoms. The van der Waals surface area contributed by atoms with Crippen molar-refractivity contribution in [2.45, 2.75) is 29.9 Å². The number of carbonyl (C=O) groups is 1. The number of aromatic amines is 1. The lowest BCUT2D eigenvalue weighted by atomic mass is 9.93. The van der Waals surface area contributed by atoms with Gasteiger partial charge < -0.3 is 9.47 Å². The van der Waals surface area contributed by atoms with Crippen LogP contribution in [0, 0.1) is 10.1 Å². The molecule has 0 fully saturated rings. The Kier molecular flexibility index (Phi) is 10.8. The van der Waals surface area contributed by atoms with Crippen molar-refractivity contribution in [1.82, 2.24) is 19.7 Å². The van der Waals surface area contributed by atoms with Gasteiger partial charge >= 0.3 is 5.97 Å². The van der Waals surface area contributed by atoms with Crippen LogP contribution in [0.2, 0.25) is 10.0 Å². The van der Waals surface area contributed by atoms with E-state index in [2.05, 4.69) is 15.2 Å². The number of ether oxygens (including phenoxy) is 2. The second-order valence-corrected chi connectivity index (χ2v) is 14.5. The molecule has 0 amide bonds. The summed E-state index contributed by atoms with van der Waals surface area (Å²) in [5, 5.41) is 20.4. The van der Waals surface area contributed by atoms with E-state index in [1.165, 1.54) is 10.6 Å². The molecule has 0 unspecified atom stereocenters. The minimum Gasteiger partial charge on any atom is -0.494 e. The number of nitrogens with one attached hydrogen (secondary N) is 1. The second-order valence-electron chi connectivity index (χ2n) is 11.6. The summed E-state index contributed by atoms with van der Waals surface area (Å²) >= 11 is 14.5. The third kappa shape index (κ3) is 7.46. The number of rotatable bonds is 11. The molecule has 0 radical (unpaired) electrons. The Morgan fingerprint density at radius 3 is 2.52 bits per heavy atom. The minimum atomic E-state index is -0.893. The van der Waals surface area contributed by atoms with Crippen molar-refractivity contribution in [2.24, 2.45) is 4.99 Å². The maximum atomic E-state index is 14.3. The molecule has 6 aromatic rings. The van der Waals surface area contributed by atoms with Crippen LogP contribution in [0.15, 0.2) is 116 Å². The Morgan fingerprint density at radius 1 is 1.04 bits per heavy atom. The Hall–Kier alpha value is -5.54. The second kappa shape index (κ2) is 15.8. The van der Waals surface area contributed by atoms with Crippen LogP contribution in [-0.4, -0.2) is 43.9 Å². The fraction of sp³-hybridized carbons (Fsp3) is 0.132. The number of esters is 1. The van der Waals surface area contributed by atoms with Gasteiger partial charge in [0.25, 0.3) is 11.2 Å². The van der Waals surface area contributed by atoms with E-state index in [4.69, 9.17) is 37.7 Å². The first kappa shape index (κ1) is 36.8. The van der Waals surface area contributed by atoms with Crippen molar-refractivity contribution in [3.63, 3.8) is 0 Å². The quantitative estimate of drug-likeness (QED) is 0.0798. The molecule has 272 valence electrons. The highest BCUT2D eigenvalue weighted by molar-refractivity contribution is 7.99. The lowest BCUT2D eigenvalue weighted by molar-refractivity contribution is -0.387. The summed E-state index contributed by atoms with van der Waals surface area (Å²) in [4.78, 5) is 49.8. The topological polar surface area (TPSA) is 155 Å². The summed E-state index contributed by atoms with van der Waals surface area (Å²) < 4.78 is 12.9. The number of carbonyl (C=O) groups excluding carboxylic acids is 1. The number of aromatic nitrogens is 4. The number of fused-ring (bicyclic) bond motifs is 1. The van der Waals surface area contributed by atoms with Gasteiger partial charge in [-0.05, 0) is 79.2 Å². The highest BCUT2D eigenvalue weighted by Gasteiger charge is 2.35. The monoisotopic (exact) mass is 798 g/mol. The molecule has 1 aliphatic heterocycles. The highest BCUT2D eigenvalue weighted by atomic mass is 35.5. The van der Waals surface area contributed by atoms with Gasteiger partial charge in [0.1, 0.15) is 5.75 Å². The summed E-state index contributed by atoms with van der Waals surface area (Å²) in [6, 6.07) is 25.1. The molecule has 2 aromatic heterocycles. The molecule has 1 N–H and O–H groups in total. The summed E-state index contributed by atoms with van der Waals surface area (Å²) in [6.45, 7) is 4.18. The van der Waals surface area contributed by atoms with E-state index in [9.17, 15) is 19.7 Å². The number of nitro benzene ring substituents is 1. The Labute approximate surface area is 325 Å². The van der Waals surface area contributed by atoms with Crippen LogP contribution in [0.3, 0.4) is 0 Å². The number of nitro groups is 1. The molecule has 12 nitrogen and oxygen atoms in total. The van der Waals surface area contributed by atoms with Gasteiger partial charge in [-0.2, -0.15) is 0 Å². The molecule has 0 saturated heterocycles. The number of hydrogen-bond acceptors (Lipinski definition) is 11. The predicted octanol–water partition coefficient (Wildman–Crippen LogP) is 7.49. The van der Waals surface area contributed by atoms with E-state index >= 15 is 0 Å². The summed E-state index contributed by atoms with van der Waals surface area (Å²) in [5.41, 5.74) is 2.24. The van der Waals surface area contributed by atoms with E-state index in [-0.39, 0.29) is 32.5 Å². The molecule has 3 heterocycles. The maximum Gasteiger partial charge on any atom is 0.338 e. The van der Waals surface area contributed by atoms with Crippen LogP contribution in [0.1, 0.15) is 36.6 Å². The number of thiazole rings is 1. The number of halogens is 2. The molecule has 1 aliphatic rings. The fourth-order valence-corrected chi connectivity index (χ4v) is 8.16. The van der Waals surface area contributed by atoms with E-state index in [0.29, 0.717) is 61.0 Å². The summed E-state index contributed by atoms with van der Waals surface area (Å²) in [7, 11) is 0. The zero-order chi connectivity index (χ0) is 37.9. The molecule has 4 aromatic carbocycles. The largest absolute Gasteiger partial charge is 0.494 e. The van der Waals surface area contributed by atoms with E-state index < -0.39 is 22.5 Å². The van der Waals surface area contributed by atoms with Crippen LogP contribution >= 0.6 is 46.3 Å². The first-order chi connectivity index (χ1) is 26.1. The lowest BCUT2D eigenvalue weighted by Gasteiger charge is -2.26. The van der Waals surface area contributed by atoms with Gasteiger partial charge in [0.05, 0.1) is 49.9 Å². The van der Waals surface area contributed by atoms with E-state index in [1.54, 1.807) is 67.6 Å². The Morgan fingerprint density at radius 2 is 1.81 bits per heavy atom. The van der Waals surface area contributed by atoms with Crippen LogP contribution in [0.4, 0.5) is 5.69 Å². The standard InChI is InChI=1S/C38H28Cl2N6O6S2/c1-3-51-25-14-11-23(12-15-25)33-31(36(48)52-4-2)32(22-8-6-5-7-9-22)41-38-45(33)35(47)30(54-38)19-21-10-17-29(28(18-21)46(49)50)53-37-42-34(43-44-37)26-16-13-24(39)20-27(26)40/h5-20,33H,3-4H2,1-2H3,(H,42,43,44)/b30-19-/t33-/m1/s1. The first-order valence-corrected chi connectivity index (χ1v) is 18.9. The van der Waals surface area contributed by atoms with Gasteiger partial charge in [0, 0.05) is 22.2 Å². The zero-order valence-electron chi connectivity index (χ0n) is 28.5. The molecule has 7 rings (SSSR count). The number of hydrogen-bond donors (Lipinski definition) is 1. The average molecular weight is 800 g/mol. The molecule has 16 heteroatoms. The van der Waals surface area contributed by atoms with Crippen molar-refractivity contribution >= 4 is 69.7 Å². The summed E-state index contributed by atoms with van der Waals surface area (Å²) in [5.74, 6) is 0.405. The third-order valence-corrected chi connectivity index (χ3v) is 10.7. The van der Waals surface area contributed by atoms with E-state index in [0.717, 1.165) is 23.1 Å². The average Bonchev–Trinajstić information content (AvgIpc) is 3.75. The van der Waals surface area contributed by atoms with Crippen LogP contribution < -0.4 is 19.6 Å². The van der Waals surface area contributed by atoms with Gasteiger partial charge in [-0.3, -0.25) is 24.6 Å². The van der Waals surface area contributed by atoms with Gasteiger partial charge in [0.15, 0.2) is 10.6 Å². The third-order valence-electron chi connectivity index (χ3n) is 8.21. The SMILES string of the molecule is CCOC(=O)C1=C(c2ccccc2)N=c2s/c(=C\c3ccc(Sc4n[nH]c(-c5ccc(Cl)cc5Cl)n4)c([N+](=O)[O-])c3)c(=O)n2[C@@H]1c1ccc(OCC)cc1. The molecule has 1 atom stereocenters. The fourth-order valence-electron chi connectivity index (χ4n) is 5.87. The van der Waals surface area contributed by atoms with Crippen molar-refractivity contribution in [2.75, 3.05) is 13.2 Å². The van der Waals surface area contributed by atoms with Crippen molar-refractivity contribution in [3.05, 3.63) is 153 Å². The summed E-state index contributed by atoms with van der Waals surface area (Å²) in [6.07, 6.45) is 1.57. The first-order valence-electron chi connectivity index (χ1n) is 16.5. The number of H-pyrrole nitrogens is 1. The smallest absolute Gasteiger partial charge is 0.338 e. The predicted molar refractivity (Wildman–Crippen MR) is 208 cm³/mol. The molecular formula is C38H28Cl2N6O6S2. The van der Waals surface area contributed by atoms with Gasteiger partial charge in [-0.25, -0.2) is 14.8 Å². The van der Waals surface area contributed by atoms with Crippen molar-refractivity contribution in [3.8, 4) is 17.1 Å². The molecule has 0 bridgehead atoms.